The third-order valence-electron chi connectivity index (χ3n) is 3.41. The van der Waals surface area contributed by atoms with Gasteiger partial charge in [-0.1, -0.05) is 13.3 Å². The molecule has 1 heterocycles. The first kappa shape index (κ1) is 15.8. The molecule has 0 aromatic heterocycles. The predicted octanol–water partition coefficient (Wildman–Crippen LogP) is 1.35. The first-order chi connectivity index (χ1) is 9.01. The number of carboxylic acids is 1. The summed E-state index contributed by atoms with van der Waals surface area (Å²) in [5.41, 5.74) is 0. The molecule has 0 spiro atoms. The SMILES string of the molecule is CCC(CNC(=O)NC1CCOC(C)C1)CC(=O)O. The van der Waals surface area contributed by atoms with Gasteiger partial charge in [0.25, 0.3) is 0 Å². The van der Waals surface area contributed by atoms with Crippen LogP contribution in [0.3, 0.4) is 0 Å². The monoisotopic (exact) mass is 272 g/mol. The van der Waals surface area contributed by atoms with E-state index in [2.05, 4.69) is 10.6 Å². The topological polar surface area (TPSA) is 87.7 Å². The molecule has 0 aromatic carbocycles. The van der Waals surface area contributed by atoms with E-state index in [9.17, 15) is 9.59 Å². The second-order valence-corrected chi connectivity index (χ2v) is 5.13. The van der Waals surface area contributed by atoms with Gasteiger partial charge in [0.2, 0.25) is 0 Å². The van der Waals surface area contributed by atoms with Crippen LogP contribution in [0.25, 0.3) is 0 Å². The van der Waals surface area contributed by atoms with Gasteiger partial charge in [-0.25, -0.2) is 4.79 Å². The van der Waals surface area contributed by atoms with E-state index < -0.39 is 5.97 Å². The van der Waals surface area contributed by atoms with Crippen molar-refractivity contribution in [3.05, 3.63) is 0 Å². The Morgan fingerprint density at radius 1 is 1.47 bits per heavy atom. The van der Waals surface area contributed by atoms with Crippen LogP contribution >= 0.6 is 0 Å². The summed E-state index contributed by atoms with van der Waals surface area (Å²) in [4.78, 5) is 22.3. The second kappa shape index (κ2) is 7.99. The van der Waals surface area contributed by atoms with E-state index in [0.717, 1.165) is 19.3 Å². The van der Waals surface area contributed by atoms with Crippen LogP contribution in [-0.2, 0) is 9.53 Å². The lowest BCUT2D eigenvalue weighted by molar-refractivity contribution is -0.138. The number of hydrogen-bond donors (Lipinski definition) is 3. The third kappa shape index (κ3) is 6.42. The van der Waals surface area contributed by atoms with Crippen molar-refractivity contribution in [1.29, 1.82) is 0 Å². The Balaban J connectivity index is 2.24. The van der Waals surface area contributed by atoms with Gasteiger partial charge < -0.3 is 20.5 Å². The van der Waals surface area contributed by atoms with Crippen molar-refractivity contribution < 1.29 is 19.4 Å². The van der Waals surface area contributed by atoms with Crippen molar-refractivity contribution in [3.8, 4) is 0 Å². The molecule has 2 amide bonds. The highest BCUT2D eigenvalue weighted by Crippen LogP contribution is 2.13. The fourth-order valence-corrected chi connectivity index (χ4v) is 2.21. The van der Waals surface area contributed by atoms with Gasteiger partial charge in [0, 0.05) is 25.6 Å². The number of ether oxygens (including phenoxy) is 1. The highest BCUT2D eigenvalue weighted by Gasteiger charge is 2.21. The molecule has 0 aliphatic carbocycles. The van der Waals surface area contributed by atoms with E-state index in [1.165, 1.54) is 0 Å². The van der Waals surface area contributed by atoms with Crippen molar-refractivity contribution in [2.24, 2.45) is 5.92 Å². The van der Waals surface area contributed by atoms with Crippen molar-refractivity contribution in [2.45, 2.75) is 51.7 Å². The number of urea groups is 1. The van der Waals surface area contributed by atoms with Crippen molar-refractivity contribution in [3.63, 3.8) is 0 Å². The molecule has 1 aliphatic heterocycles. The summed E-state index contributed by atoms with van der Waals surface area (Å²) in [6.45, 7) is 4.98. The normalized spacial score (nSPS) is 24.5. The number of amides is 2. The first-order valence-corrected chi connectivity index (χ1v) is 6.89. The molecule has 0 saturated carbocycles. The Bertz CT molecular complexity index is 309. The minimum Gasteiger partial charge on any atom is -0.481 e. The highest BCUT2D eigenvalue weighted by molar-refractivity contribution is 5.74. The Hall–Kier alpha value is -1.30. The standard InChI is InChI=1S/C13H24N2O4/c1-3-10(7-12(16)17)8-14-13(18)15-11-4-5-19-9(2)6-11/h9-11H,3-8H2,1-2H3,(H,16,17)(H2,14,15,18). The molecule has 0 aromatic rings. The van der Waals surface area contributed by atoms with Crippen LogP contribution in [0.1, 0.15) is 39.5 Å². The van der Waals surface area contributed by atoms with E-state index in [4.69, 9.17) is 9.84 Å². The molecule has 19 heavy (non-hydrogen) atoms. The van der Waals surface area contributed by atoms with Crippen molar-refractivity contribution in [2.75, 3.05) is 13.2 Å². The van der Waals surface area contributed by atoms with E-state index >= 15 is 0 Å². The maximum atomic E-state index is 11.7. The Labute approximate surface area is 113 Å². The van der Waals surface area contributed by atoms with Gasteiger partial charge in [-0.15, -0.1) is 0 Å². The maximum Gasteiger partial charge on any atom is 0.315 e. The molecule has 6 nitrogen and oxygen atoms in total. The van der Waals surface area contributed by atoms with E-state index in [0.29, 0.717) is 13.2 Å². The Morgan fingerprint density at radius 2 is 2.21 bits per heavy atom. The summed E-state index contributed by atoms with van der Waals surface area (Å²) in [7, 11) is 0. The van der Waals surface area contributed by atoms with Gasteiger partial charge >= 0.3 is 12.0 Å². The number of hydrogen-bond acceptors (Lipinski definition) is 3. The van der Waals surface area contributed by atoms with Crippen molar-refractivity contribution >= 4 is 12.0 Å². The van der Waals surface area contributed by atoms with Gasteiger partial charge in [0.1, 0.15) is 0 Å². The molecule has 3 atom stereocenters. The molecular formula is C13H24N2O4. The largest absolute Gasteiger partial charge is 0.481 e. The fraction of sp³-hybridized carbons (Fsp3) is 0.846. The molecule has 0 bridgehead atoms. The zero-order chi connectivity index (χ0) is 14.3. The molecule has 1 rings (SSSR count). The second-order valence-electron chi connectivity index (χ2n) is 5.13. The van der Waals surface area contributed by atoms with Crippen molar-refractivity contribution in [1.82, 2.24) is 10.6 Å². The number of nitrogens with one attached hydrogen (secondary N) is 2. The summed E-state index contributed by atoms with van der Waals surface area (Å²) >= 11 is 0. The minimum absolute atomic E-state index is 0.0168. The van der Waals surface area contributed by atoms with Crippen LogP contribution in [0.15, 0.2) is 0 Å². The van der Waals surface area contributed by atoms with Crippen LogP contribution < -0.4 is 10.6 Å². The molecule has 3 unspecified atom stereocenters. The number of aliphatic carboxylic acids is 1. The smallest absolute Gasteiger partial charge is 0.315 e. The number of carbonyl (C=O) groups excluding carboxylic acids is 1. The first-order valence-electron chi connectivity index (χ1n) is 6.89. The van der Waals surface area contributed by atoms with E-state index in [1.807, 2.05) is 13.8 Å². The Kier molecular flexibility index (Phi) is 6.62. The molecular weight excluding hydrogens is 248 g/mol. The highest BCUT2D eigenvalue weighted by atomic mass is 16.5. The molecule has 110 valence electrons. The van der Waals surface area contributed by atoms with Gasteiger partial charge in [-0.05, 0) is 25.7 Å². The average molecular weight is 272 g/mol. The van der Waals surface area contributed by atoms with Gasteiger partial charge in [-0.3, -0.25) is 4.79 Å². The molecule has 3 N–H and O–H groups in total. The zero-order valence-electron chi connectivity index (χ0n) is 11.6. The summed E-state index contributed by atoms with van der Waals surface area (Å²) in [6, 6.07) is -0.0776. The van der Waals surface area contributed by atoms with Crippen LogP contribution in [0.5, 0.6) is 0 Å². The predicted molar refractivity (Wildman–Crippen MR) is 71.0 cm³/mol. The number of carbonyl (C=O) groups is 2. The molecule has 0 radical (unpaired) electrons. The molecule has 1 aliphatic rings. The number of rotatable bonds is 6. The Morgan fingerprint density at radius 3 is 2.79 bits per heavy atom. The minimum atomic E-state index is -0.827. The van der Waals surface area contributed by atoms with Gasteiger partial charge in [-0.2, -0.15) is 0 Å². The summed E-state index contributed by atoms with van der Waals surface area (Å²) in [5, 5.41) is 14.4. The van der Waals surface area contributed by atoms with Crippen LogP contribution in [0, 0.1) is 5.92 Å². The summed E-state index contributed by atoms with van der Waals surface area (Å²) in [5.74, 6) is -0.843. The molecule has 6 heteroatoms. The molecule has 1 saturated heterocycles. The fourth-order valence-electron chi connectivity index (χ4n) is 2.21. The third-order valence-corrected chi connectivity index (χ3v) is 3.41. The lowest BCUT2D eigenvalue weighted by Crippen LogP contribution is -2.47. The van der Waals surface area contributed by atoms with E-state index in [1.54, 1.807) is 0 Å². The average Bonchev–Trinajstić information content (AvgIpc) is 2.34. The van der Waals surface area contributed by atoms with Crippen LogP contribution in [0.2, 0.25) is 0 Å². The molecule has 1 fully saturated rings. The lowest BCUT2D eigenvalue weighted by Gasteiger charge is -2.28. The van der Waals surface area contributed by atoms with Gasteiger partial charge in [0.05, 0.1) is 6.10 Å². The maximum absolute atomic E-state index is 11.7. The lowest BCUT2D eigenvalue weighted by atomic mass is 10.0. The quantitative estimate of drug-likeness (QED) is 0.681. The van der Waals surface area contributed by atoms with Gasteiger partial charge in [0.15, 0.2) is 0 Å². The summed E-state index contributed by atoms with van der Waals surface area (Å²) < 4.78 is 5.41. The summed E-state index contributed by atoms with van der Waals surface area (Å²) in [6.07, 6.45) is 2.64. The van der Waals surface area contributed by atoms with E-state index in [-0.39, 0.29) is 30.5 Å². The number of carboxylic acid groups (broad SMARTS) is 1. The van der Waals surface area contributed by atoms with Crippen LogP contribution in [-0.4, -0.2) is 42.4 Å². The zero-order valence-corrected chi connectivity index (χ0v) is 11.6. The van der Waals surface area contributed by atoms with Crippen LogP contribution in [0.4, 0.5) is 4.79 Å².